The van der Waals surface area contributed by atoms with Crippen LogP contribution in [0.15, 0.2) is 4.99 Å². The summed E-state index contributed by atoms with van der Waals surface area (Å²) >= 11 is 0. The fraction of sp³-hybridized carbons (Fsp3) is 0.933. The lowest BCUT2D eigenvalue weighted by molar-refractivity contribution is 0.164. The molecular weight excluding hydrogens is 222 g/mol. The minimum absolute atomic E-state index is 0.300. The zero-order valence-corrected chi connectivity index (χ0v) is 11.9. The van der Waals surface area contributed by atoms with Crippen LogP contribution in [0, 0.1) is 11.8 Å². The van der Waals surface area contributed by atoms with E-state index in [2.05, 4.69) is 23.7 Å². The van der Waals surface area contributed by atoms with Crippen molar-refractivity contribution < 1.29 is 0 Å². The monoisotopic (exact) mass is 249 g/mol. The molecule has 2 saturated carbocycles. The maximum atomic E-state index is 6.15. The molecule has 102 valence electrons. The summed E-state index contributed by atoms with van der Waals surface area (Å²) in [7, 11) is 0. The maximum Gasteiger partial charge on any atom is 0.192 e. The van der Waals surface area contributed by atoms with Crippen LogP contribution in [0.25, 0.3) is 0 Å². The van der Waals surface area contributed by atoms with Gasteiger partial charge in [0.2, 0.25) is 0 Å². The molecule has 1 spiro atoms. The van der Waals surface area contributed by atoms with E-state index in [9.17, 15) is 0 Å². The number of hydrogen-bond donors (Lipinski definition) is 1. The fourth-order valence-corrected chi connectivity index (χ4v) is 4.01. The Balaban J connectivity index is 1.75. The van der Waals surface area contributed by atoms with Gasteiger partial charge in [0.25, 0.3) is 0 Å². The van der Waals surface area contributed by atoms with Crippen LogP contribution in [0.3, 0.4) is 0 Å². The van der Waals surface area contributed by atoms with Gasteiger partial charge in [-0.3, -0.25) is 4.99 Å². The van der Waals surface area contributed by atoms with Gasteiger partial charge in [0.1, 0.15) is 0 Å². The summed E-state index contributed by atoms with van der Waals surface area (Å²) in [4.78, 5) is 7.10. The molecule has 1 heterocycles. The molecule has 0 saturated heterocycles. The number of hydrogen-bond acceptors (Lipinski definition) is 3. The van der Waals surface area contributed by atoms with Crippen molar-refractivity contribution in [2.75, 3.05) is 6.54 Å². The van der Waals surface area contributed by atoms with E-state index >= 15 is 0 Å². The standard InChI is InChI=1S/C15H27N3/c1-11(2)12-4-3-8-15(9-7-12)10-17-14(16)18(15)13-5-6-13/h11-13H,3-10H2,1-2H3,(H2,16,17). The Labute approximate surface area is 111 Å². The first-order valence-electron chi connectivity index (χ1n) is 7.72. The van der Waals surface area contributed by atoms with Gasteiger partial charge < -0.3 is 10.6 Å². The molecule has 0 amide bonds. The Hall–Kier alpha value is -0.730. The van der Waals surface area contributed by atoms with Crippen molar-refractivity contribution in [3.8, 4) is 0 Å². The molecule has 2 N–H and O–H groups in total. The molecule has 0 radical (unpaired) electrons. The van der Waals surface area contributed by atoms with Crippen LogP contribution in [-0.2, 0) is 0 Å². The highest BCUT2D eigenvalue weighted by molar-refractivity contribution is 5.81. The van der Waals surface area contributed by atoms with Crippen molar-refractivity contribution in [2.45, 2.75) is 70.4 Å². The number of nitrogens with two attached hydrogens (primary N) is 1. The zero-order valence-electron chi connectivity index (χ0n) is 11.9. The molecule has 0 aromatic carbocycles. The second-order valence-corrected chi connectivity index (χ2v) is 6.93. The highest BCUT2D eigenvalue weighted by Gasteiger charge is 2.49. The van der Waals surface area contributed by atoms with Gasteiger partial charge in [-0.1, -0.05) is 26.7 Å². The van der Waals surface area contributed by atoms with E-state index in [1.807, 2.05) is 0 Å². The van der Waals surface area contributed by atoms with Crippen LogP contribution in [0.2, 0.25) is 0 Å². The molecule has 0 bridgehead atoms. The van der Waals surface area contributed by atoms with E-state index in [4.69, 9.17) is 5.73 Å². The Morgan fingerprint density at radius 3 is 2.67 bits per heavy atom. The smallest absolute Gasteiger partial charge is 0.192 e. The lowest BCUT2D eigenvalue weighted by Crippen LogP contribution is -2.52. The van der Waals surface area contributed by atoms with E-state index in [0.717, 1.165) is 24.3 Å². The minimum atomic E-state index is 0.300. The van der Waals surface area contributed by atoms with Crippen LogP contribution in [-0.4, -0.2) is 29.0 Å². The Bertz CT molecular complexity index is 346. The van der Waals surface area contributed by atoms with Crippen molar-refractivity contribution in [2.24, 2.45) is 22.6 Å². The normalized spacial score (nSPS) is 37.2. The summed E-state index contributed by atoms with van der Waals surface area (Å²) in [5.74, 6) is 2.57. The third-order valence-electron chi connectivity index (χ3n) is 5.35. The number of aliphatic imine (C=N–C) groups is 1. The van der Waals surface area contributed by atoms with Crippen LogP contribution in [0.4, 0.5) is 0 Å². The lowest BCUT2D eigenvalue weighted by Gasteiger charge is -2.39. The molecule has 2 atom stereocenters. The largest absolute Gasteiger partial charge is 0.370 e. The molecule has 2 unspecified atom stereocenters. The highest BCUT2D eigenvalue weighted by Crippen LogP contribution is 2.44. The predicted molar refractivity (Wildman–Crippen MR) is 75.5 cm³/mol. The van der Waals surface area contributed by atoms with Gasteiger partial charge in [0.15, 0.2) is 5.96 Å². The molecule has 3 aliphatic rings. The molecule has 3 rings (SSSR count). The lowest BCUT2D eigenvalue weighted by atomic mass is 9.86. The summed E-state index contributed by atoms with van der Waals surface area (Å²) in [6.45, 7) is 5.71. The maximum absolute atomic E-state index is 6.15. The predicted octanol–water partition coefficient (Wildman–Crippen LogP) is 2.75. The van der Waals surface area contributed by atoms with Crippen LogP contribution in [0.1, 0.15) is 58.8 Å². The summed E-state index contributed by atoms with van der Waals surface area (Å²) < 4.78 is 0. The van der Waals surface area contributed by atoms with Gasteiger partial charge >= 0.3 is 0 Å². The average molecular weight is 249 g/mol. The first kappa shape index (κ1) is 12.3. The third kappa shape index (κ3) is 2.02. The van der Waals surface area contributed by atoms with Gasteiger partial charge in [-0.2, -0.15) is 0 Å². The summed E-state index contributed by atoms with van der Waals surface area (Å²) in [5.41, 5.74) is 6.45. The Morgan fingerprint density at radius 1 is 1.22 bits per heavy atom. The Kier molecular flexibility index (Phi) is 3.03. The molecule has 0 aromatic heterocycles. The molecule has 3 nitrogen and oxygen atoms in total. The number of rotatable bonds is 2. The van der Waals surface area contributed by atoms with Crippen molar-refractivity contribution in [1.29, 1.82) is 0 Å². The van der Waals surface area contributed by atoms with Gasteiger partial charge in [-0.25, -0.2) is 0 Å². The molecule has 2 aliphatic carbocycles. The van der Waals surface area contributed by atoms with Gasteiger partial charge in [0.05, 0.1) is 12.1 Å². The molecular formula is C15H27N3. The third-order valence-corrected chi connectivity index (χ3v) is 5.35. The first-order valence-corrected chi connectivity index (χ1v) is 7.72. The molecule has 3 heteroatoms. The van der Waals surface area contributed by atoms with E-state index < -0.39 is 0 Å². The Morgan fingerprint density at radius 2 is 2.00 bits per heavy atom. The van der Waals surface area contributed by atoms with E-state index in [-0.39, 0.29) is 0 Å². The molecule has 0 aromatic rings. The fourth-order valence-electron chi connectivity index (χ4n) is 4.01. The van der Waals surface area contributed by atoms with Crippen molar-refractivity contribution in [3.63, 3.8) is 0 Å². The second-order valence-electron chi connectivity index (χ2n) is 6.93. The van der Waals surface area contributed by atoms with Crippen LogP contribution >= 0.6 is 0 Å². The summed E-state index contributed by atoms with van der Waals surface area (Å²) in [6.07, 6.45) is 9.38. The summed E-state index contributed by atoms with van der Waals surface area (Å²) in [6, 6.07) is 0.715. The zero-order chi connectivity index (χ0) is 12.8. The molecule has 2 fully saturated rings. The van der Waals surface area contributed by atoms with Crippen molar-refractivity contribution in [1.82, 2.24) is 4.90 Å². The number of guanidine groups is 1. The molecule has 1 aliphatic heterocycles. The SMILES string of the molecule is CC(C)C1CCCC2(CC1)CN=C(N)N2C1CC1. The topological polar surface area (TPSA) is 41.6 Å². The van der Waals surface area contributed by atoms with E-state index in [0.29, 0.717) is 11.6 Å². The van der Waals surface area contributed by atoms with Crippen LogP contribution in [0.5, 0.6) is 0 Å². The molecule has 18 heavy (non-hydrogen) atoms. The van der Waals surface area contributed by atoms with Crippen LogP contribution < -0.4 is 5.73 Å². The first-order chi connectivity index (χ1) is 8.62. The number of nitrogens with zero attached hydrogens (tertiary/aromatic N) is 2. The second kappa shape index (κ2) is 4.43. The van der Waals surface area contributed by atoms with Crippen molar-refractivity contribution in [3.05, 3.63) is 0 Å². The van der Waals surface area contributed by atoms with Gasteiger partial charge in [0, 0.05) is 6.04 Å². The average Bonchev–Trinajstić information content (AvgIpc) is 3.11. The van der Waals surface area contributed by atoms with Crippen molar-refractivity contribution >= 4 is 5.96 Å². The minimum Gasteiger partial charge on any atom is -0.370 e. The van der Waals surface area contributed by atoms with Gasteiger partial charge in [-0.05, 0) is 43.9 Å². The quantitative estimate of drug-likeness (QED) is 0.817. The van der Waals surface area contributed by atoms with E-state index in [1.165, 1.54) is 44.9 Å². The van der Waals surface area contributed by atoms with E-state index in [1.54, 1.807) is 0 Å². The highest BCUT2D eigenvalue weighted by atomic mass is 15.4. The van der Waals surface area contributed by atoms with Gasteiger partial charge in [-0.15, -0.1) is 0 Å². The summed E-state index contributed by atoms with van der Waals surface area (Å²) in [5, 5.41) is 0.